The minimum absolute atomic E-state index is 0.00279. The summed E-state index contributed by atoms with van der Waals surface area (Å²) < 4.78 is 5.95. The molecule has 7 heteroatoms. The first-order valence-corrected chi connectivity index (χ1v) is 11.9. The summed E-state index contributed by atoms with van der Waals surface area (Å²) in [6, 6.07) is 24.8. The van der Waals surface area contributed by atoms with Crippen LogP contribution in [-0.4, -0.2) is 31.7 Å². The van der Waals surface area contributed by atoms with Crippen LogP contribution in [0.25, 0.3) is 5.76 Å². The molecule has 3 heterocycles. The summed E-state index contributed by atoms with van der Waals surface area (Å²) >= 11 is 0. The maximum Gasteiger partial charge on any atom is 0.296 e. The van der Waals surface area contributed by atoms with Crippen LogP contribution in [0, 0.1) is 6.92 Å². The smallest absolute Gasteiger partial charge is 0.296 e. The summed E-state index contributed by atoms with van der Waals surface area (Å²) in [7, 11) is 0. The van der Waals surface area contributed by atoms with Gasteiger partial charge in [-0.3, -0.25) is 19.6 Å². The van der Waals surface area contributed by atoms with Crippen molar-refractivity contribution in [2.24, 2.45) is 0 Å². The van der Waals surface area contributed by atoms with Gasteiger partial charge in [-0.15, -0.1) is 0 Å². The molecule has 184 valence electrons. The van der Waals surface area contributed by atoms with Gasteiger partial charge in [-0.05, 0) is 60.5 Å². The Morgan fingerprint density at radius 2 is 1.65 bits per heavy atom. The van der Waals surface area contributed by atoms with Gasteiger partial charge in [0.25, 0.3) is 11.7 Å². The molecular weight excluding hydrogens is 466 g/mol. The van der Waals surface area contributed by atoms with Crippen LogP contribution in [0.2, 0.25) is 0 Å². The largest absolute Gasteiger partial charge is 0.507 e. The number of Topliss-reactive ketones (excluding diaryl/α,β-unsaturated/α-hetero) is 1. The molecule has 2 aromatic carbocycles. The Bertz CT molecular complexity index is 1450. The SMILES string of the molecule is Cc1cc(/C(O)=C2/C(=O)C(=O)N(Cc3ccccn3)C2c2ccccn2)ccc1OCc1ccccc1. The zero-order valence-electron chi connectivity index (χ0n) is 20.2. The van der Waals surface area contributed by atoms with Gasteiger partial charge in [0.1, 0.15) is 24.2 Å². The number of benzene rings is 2. The topological polar surface area (TPSA) is 92.6 Å². The molecule has 0 radical (unpaired) electrons. The van der Waals surface area contributed by atoms with Crippen molar-refractivity contribution in [3.8, 4) is 5.75 Å². The number of hydrogen-bond acceptors (Lipinski definition) is 6. The lowest BCUT2D eigenvalue weighted by atomic mass is 9.97. The zero-order chi connectivity index (χ0) is 25.8. The average Bonchev–Trinajstić information content (AvgIpc) is 3.18. The third-order valence-electron chi connectivity index (χ3n) is 6.25. The van der Waals surface area contributed by atoms with E-state index in [1.807, 2.05) is 43.3 Å². The first kappa shape index (κ1) is 23.9. The number of carbonyl (C=O) groups is 2. The fourth-order valence-electron chi connectivity index (χ4n) is 4.40. The summed E-state index contributed by atoms with van der Waals surface area (Å²) in [6.45, 7) is 2.38. The standard InChI is InChI=1S/C30H25N3O4/c1-20-17-22(13-14-25(20)37-19-21-9-3-2-4-10-21)28(34)26-27(24-12-6-8-16-32-24)33(30(36)29(26)35)18-23-11-5-7-15-31-23/h2-17,27,34H,18-19H2,1H3/b28-26-. The minimum atomic E-state index is -0.850. The summed E-state index contributed by atoms with van der Waals surface area (Å²) in [6.07, 6.45) is 3.23. The lowest BCUT2D eigenvalue weighted by molar-refractivity contribution is -0.140. The zero-order valence-corrected chi connectivity index (χ0v) is 20.2. The van der Waals surface area contributed by atoms with E-state index in [0.717, 1.165) is 11.1 Å². The van der Waals surface area contributed by atoms with E-state index >= 15 is 0 Å². The first-order chi connectivity index (χ1) is 18.0. The monoisotopic (exact) mass is 491 g/mol. The predicted molar refractivity (Wildman–Crippen MR) is 138 cm³/mol. The molecule has 1 atom stereocenters. The second-order valence-electron chi connectivity index (χ2n) is 8.76. The number of rotatable bonds is 7. The average molecular weight is 492 g/mol. The maximum absolute atomic E-state index is 13.2. The van der Waals surface area contributed by atoms with E-state index in [9.17, 15) is 14.7 Å². The van der Waals surface area contributed by atoms with Crippen molar-refractivity contribution in [1.29, 1.82) is 0 Å². The number of aryl methyl sites for hydroxylation is 1. The fourth-order valence-corrected chi connectivity index (χ4v) is 4.40. The van der Waals surface area contributed by atoms with Crippen molar-refractivity contribution >= 4 is 17.4 Å². The van der Waals surface area contributed by atoms with Crippen molar-refractivity contribution in [2.45, 2.75) is 26.1 Å². The van der Waals surface area contributed by atoms with Gasteiger partial charge >= 0.3 is 0 Å². The number of pyridine rings is 2. The number of aromatic nitrogens is 2. The van der Waals surface area contributed by atoms with Crippen LogP contribution in [0.15, 0.2) is 103 Å². The number of nitrogens with zero attached hydrogens (tertiary/aromatic N) is 3. The normalized spacial score (nSPS) is 16.7. The van der Waals surface area contributed by atoms with Gasteiger partial charge < -0.3 is 14.7 Å². The van der Waals surface area contributed by atoms with Gasteiger partial charge in [0.15, 0.2) is 0 Å². The maximum atomic E-state index is 13.2. The van der Waals surface area contributed by atoms with Gasteiger partial charge in [0.05, 0.1) is 23.5 Å². The Morgan fingerprint density at radius 3 is 2.32 bits per heavy atom. The molecule has 0 spiro atoms. The molecule has 1 saturated heterocycles. The first-order valence-electron chi connectivity index (χ1n) is 11.9. The molecule has 1 aliphatic heterocycles. The second kappa shape index (κ2) is 10.5. The molecule has 1 amide bonds. The van der Waals surface area contributed by atoms with E-state index in [4.69, 9.17) is 4.74 Å². The molecule has 0 saturated carbocycles. The molecule has 1 unspecified atom stereocenters. The highest BCUT2D eigenvalue weighted by Crippen LogP contribution is 2.39. The number of aliphatic hydroxyl groups is 1. The van der Waals surface area contributed by atoms with Gasteiger partial charge in [0.2, 0.25) is 0 Å². The second-order valence-corrected chi connectivity index (χ2v) is 8.76. The van der Waals surface area contributed by atoms with E-state index in [1.54, 1.807) is 60.9 Å². The highest BCUT2D eigenvalue weighted by atomic mass is 16.5. The molecule has 2 aromatic heterocycles. The highest BCUT2D eigenvalue weighted by Gasteiger charge is 2.46. The van der Waals surface area contributed by atoms with E-state index in [2.05, 4.69) is 9.97 Å². The number of ether oxygens (including phenoxy) is 1. The Balaban J connectivity index is 1.50. The predicted octanol–water partition coefficient (Wildman–Crippen LogP) is 4.99. The van der Waals surface area contributed by atoms with Crippen LogP contribution in [0.1, 0.15) is 34.1 Å². The Labute approximate surface area is 214 Å². The van der Waals surface area contributed by atoms with Gasteiger partial charge in [0, 0.05) is 18.0 Å². The van der Waals surface area contributed by atoms with Crippen molar-refractivity contribution in [1.82, 2.24) is 14.9 Å². The molecular formula is C30H25N3O4. The van der Waals surface area contributed by atoms with Crippen molar-refractivity contribution in [3.05, 3.63) is 131 Å². The number of ketones is 1. The third-order valence-corrected chi connectivity index (χ3v) is 6.25. The van der Waals surface area contributed by atoms with Crippen LogP contribution in [0.5, 0.6) is 5.75 Å². The Morgan fingerprint density at radius 1 is 0.919 bits per heavy atom. The lowest BCUT2D eigenvalue weighted by Gasteiger charge is -2.24. The van der Waals surface area contributed by atoms with Crippen molar-refractivity contribution < 1.29 is 19.4 Å². The molecule has 0 bridgehead atoms. The number of hydrogen-bond donors (Lipinski definition) is 1. The summed E-state index contributed by atoms with van der Waals surface area (Å²) in [5.74, 6) is -1.05. The Kier molecular flexibility index (Phi) is 6.76. The quantitative estimate of drug-likeness (QED) is 0.223. The van der Waals surface area contributed by atoms with E-state index in [1.165, 1.54) is 4.90 Å². The number of likely N-dealkylation sites (tertiary alicyclic amines) is 1. The van der Waals surface area contributed by atoms with Crippen LogP contribution in [0.3, 0.4) is 0 Å². The van der Waals surface area contributed by atoms with E-state index in [0.29, 0.717) is 29.3 Å². The van der Waals surface area contributed by atoms with Gasteiger partial charge in [-0.1, -0.05) is 42.5 Å². The van der Waals surface area contributed by atoms with Gasteiger partial charge in [-0.25, -0.2) is 0 Å². The van der Waals surface area contributed by atoms with E-state index < -0.39 is 17.7 Å². The van der Waals surface area contributed by atoms with Crippen LogP contribution in [-0.2, 0) is 22.7 Å². The number of aliphatic hydroxyl groups excluding tert-OH is 1. The van der Waals surface area contributed by atoms with Crippen molar-refractivity contribution in [3.63, 3.8) is 0 Å². The van der Waals surface area contributed by atoms with Crippen molar-refractivity contribution in [2.75, 3.05) is 0 Å². The number of carbonyl (C=O) groups excluding carboxylic acids is 2. The molecule has 5 rings (SSSR count). The lowest BCUT2D eigenvalue weighted by Crippen LogP contribution is -2.29. The third kappa shape index (κ3) is 4.97. The highest BCUT2D eigenvalue weighted by molar-refractivity contribution is 6.46. The summed E-state index contributed by atoms with van der Waals surface area (Å²) in [5, 5.41) is 11.3. The summed E-state index contributed by atoms with van der Waals surface area (Å²) in [4.78, 5) is 36.5. The van der Waals surface area contributed by atoms with E-state index in [-0.39, 0.29) is 17.9 Å². The number of amides is 1. The molecule has 37 heavy (non-hydrogen) atoms. The van der Waals surface area contributed by atoms with Gasteiger partial charge in [-0.2, -0.15) is 0 Å². The molecule has 1 aliphatic rings. The minimum Gasteiger partial charge on any atom is -0.507 e. The fraction of sp³-hybridized carbons (Fsp3) is 0.133. The van der Waals surface area contributed by atoms with Crippen LogP contribution in [0.4, 0.5) is 0 Å². The van der Waals surface area contributed by atoms with Crippen LogP contribution < -0.4 is 4.74 Å². The molecule has 1 N–H and O–H groups in total. The molecule has 0 aliphatic carbocycles. The van der Waals surface area contributed by atoms with Crippen LogP contribution >= 0.6 is 0 Å². The summed E-state index contributed by atoms with van der Waals surface area (Å²) in [5.41, 5.74) is 3.35. The molecule has 7 nitrogen and oxygen atoms in total. The Hall–Kier alpha value is -4.78. The molecule has 4 aromatic rings. The molecule has 1 fully saturated rings.